The first kappa shape index (κ1) is 12.4. The summed E-state index contributed by atoms with van der Waals surface area (Å²) in [7, 11) is 0. The minimum atomic E-state index is 0.322. The summed E-state index contributed by atoms with van der Waals surface area (Å²) in [4.78, 5) is 11.9. The lowest BCUT2D eigenvalue weighted by Crippen LogP contribution is -2.50. The quantitative estimate of drug-likeness (QED) is 0.657. The Bertz CT molecular complexity index is 447. The van der Waals surface area contributed by atoms with Crippen molar-refractivity contribution in [1.82, 2.24) is 0 Å². The average Bonchev–Trinajstić information content (AvgIpc) is 2.45. The van der Waals surface area contributed by atoms with Crippen LogP contribution in [-0.4, -0.2) is 5.78 Å². The third kappa shape index (κ3) is 1.16. The highest BCUT2D eigenvalue weighted by molar-refractivity contribution is 5.94. The van der Waals surface area contributed by atoms with Crippen LogP contribution in [0, 0.1) is 16.2 Å². The van der Waals surface area contributed by atoms with Crippen molar-refractivity contribution in [3.63, 3.8) is 0 Å². The molecule has 1 nitrogen and oxygen atoms in total. The van der Waals surface area contributed by atoms with E-state index >= 15 is 0 Å². The van der Waals surface area contributed by atoms with Crippen LogP contribution in [-0.2, 0) is 4.79 Å². The molecule has 0 N–H and O–H groups in total. The number of carbonyl (C=O) groups excluding carboxylic acids is 1. The molecule has 0 heterocycles. The number of rotatable bonds is 1. The van der Waals surface area contributed by atoms with Crippen molar-refractivity contribution in [2.45, 2.75) is 72.6 Å². The molecule has 0 aliphatic heterocycles. The van der Waals surface area contributed by atoms with Crippen molar-refractivity contribution >= 4 is 5.78 Å². The van der Waals surface area contributed by atoms with E-state index in [9.17, 15) is 4.79 Å². The molecule has 0 saturated heterocycles. The van der Waals surface area contributed by atoms with Gasteiger partial charge in [0.25, 0.3) is 0 Å². The van der Waals surface area contributed by atoms with E-state index in [0.29, 0.717) is 22.0 Å². The Morgan fingerprint density at radius 3 is 2.44 bits per heavy atom. The number of hydrogen-bond acceptors (Lipinski definition) is 1. The average molecular weight is 246 g/mol. The van der Waals surface area contributed by atoms with Crippen molar-refractivity contribution < 1.29 is 4.79 Å². The summed E-state index contributed by atoms with van der Waals surface area (Å²) in [5.74, 6) is 0.322. The largest absolute Gasteiger partial charge is 0.295 e. The SMILES string of the molecule is CC(=O)C1=C(C)C23CCCC(C)(CC2)C3(C)CC1. The van der Waals surface area contributed by atoms with Gasteiger partial charge in [0, 0.05) is 0 Å². The summed E-state index contributed by atoms with van der Waals surface area (Å²) in [5.41, 5.74) is 3.96. The maximum Gasteiger partial charge on any atom is 0.155 e. The Morgan fingerprint density at radius 1 is 1.06 bits per heavy atom. The minimum Gasteiger partial charge on any atom is -0.295 e. The first-order valence-electron chi connectivity index (χ1n) is 7.58. The van der Waals surface area contributed by atoms with Crippen LogP contribution in [0.5, 0.6) is 0 Å². The van der Waals surface area contributed by atoms with Gasteiger partial charge in [-0.15, -0.1) is 0 Å². The summed E-state index contributed by atoms with van der Waals surface area (Å²) in [5, 5.41) is 0. The molecule has 18 heavy (non-hydrogen) atoms. The van der Waals surface area contributed by atoms with Crippen molar-refractivity contribution in [1.29, 1.82) is 0 Å². The Morgan fingerprint density at radius 2 is 1.78 bits per heavy atom. The van der Waals surface area contributed by atoms with E-state index in [0.717, 1.165) is 6.42 Å². The van der Waals surface area contributed by atoms with Gasteiger partial charge in [0.2, 0.25) is 0 Å². The van der Waals surface area contributed by atoms with Gasteiger partial charge in [-0.3, -0.25) is 4.79 Å². The van der Waals surface area contributed by atoms with E-state index in [1.807, 2.05) is 0 Å². The molecule has 3 unspecified atom stereocenters. The number of Topliss-reactive ketones (excluding diaryl/α,β-unsaturated/α-hetero) is 1. The molecule has 0 spiro atoms. The van der Waals surface area contributed by atoms with Crippen molar-refractivity contribution in [3.8, 4) is 0 Å². The van der Waals surface area contributed by atoms with E-state index in [1.165, 1.54) is 49.7 Å². The number of ketones is 1. The number of hydrogen-bond donors (Lipinski definition) is 0. The van der Waals surface area contributed by atoms with Gasteiger partial charge in [-0.25, -0.2) is 0 Å². The zero-order valence-electron chi connectivity index (χ0n) is 12.4. The monoisotopic (exact) mass is 246 g/mol. The smallest absolute Gasteiger partial charge is 0.155 e. The summed E-state index contributed by atoms with van der Waals surface area (Å²) in [6.07, 6.45) is 9.02. The second-order valence-corrected chi connectivity index (χ2v) is 7.49. The first-order valence-corrected chi connectivity index (χ1v) is 7.58. The first-order chi connectivity index (χ1) is 8.36. The molecular weight excluding hydrogens is 220 g/mol. The Labute approximate surface area is 111 Å². The highest BCUT2D eigenvalue weighted by atomic mass is 16.1. The third-order valence-electron chi connectivity index (χ3n) is 7.29. The van der Waals surface area contributed by atoms with E-state index in [1.54, 1.807) is 6.92 Å². The van der Waals surface area contributed by atoms with Crippen molar-refractivity contribution in [2.75, 3.05) is 0 Å². The second kappa shape index (κ2) is 3.49. The lowest BCUT2D eigenvalue weighted by molar-refractivity contribution is -0.115. The molecule has 3 aliphatic rings. The normalized spacial score (nSPS) is 47.1. The minimum absolute atomic E-state index is 0.322. The lowest BCUT2D eigenvalue weighted by atomic mass is 9.45. The van der Waals surface area contributed by atoms with E-state index < -0.39 is 0 Å². The van der Waals surface area contributed by atoms with Crippen molar-refractivity contribution in [2.24, 2.45) is 16.2 Å². The number of allylic oxidation sites excluding steroid dienone is 2. The highest BCUT2D eigenvalue weighted by Gasteiger charge is 2.66. The van der Waals surface area contributed by atoms with Crippen LogP contribution in [0.2, 0.25) is 0 Å². The molecule has 3 rings (SSSR count). The molecule has 100 valence electrons. The van der Waals surface area contributed by atoms with Crippen LogP contribution in [0.1, 0.15) is 72.6 Å². The molecule has 0 aromatic rings. The fourth-order valence-electron chi connectivity index (χ4n) is 5.82. The summed E-state index contributed by atoms with van der Waals surface area (Å²) >= 11 is 0. The number of carbonyl (C=O) groups is 1. The molecule has 2 bridgehead atoms. The van der Waals surface area contributed by atoms with Gasteiger partial charge in [0.05, 0.1) is 0 Å². The molecule has 3 aliphatic carbocycles. The van der Waals surface area contributed by atoms with Gasteiger partial charge >= 0.3 is 0 Å². The van der Waals surface area contributed by atoms with Crippen LogP contribution in [0.3, 0.4) is 0 Å². The molecule has 0 aromatic carbocycles. The summed E-state index contributed by atoms with van der Waals surface area (Å²) in [6.45, 7) is 9.07. The Kier molecular flexibility index (Phi) is 2.41. The van der Waals surface area contributed by atoms with Crippen LogP contribution in [0.4, 0.5) is 0 Å². The molecule has 2 fully saturated rings. The molecule has 3 atom stereocenters. The predicted molar refractivity (Wildman–Crippen MR) is 74.3 cm³/mol. The van der Waals surface area contributed by atoms with E-state index in [4.69, 9.17) is 0 Å². The fourth-order valence-corrected chi connectivity index (χ4v) is 5.82. The maximum absolute atomic E-state index is 11.9. The Balaban J connectivity index is 2.18. The lowest BCUT2D eigenvalue weighted by Gasteiger charge is -2.58. The fraction of sp³-hybridized carbons (Fsp3) is 0.824. The molecule has 0 radical (unpaired) electrons. The third-order valence-corrected chi connectivity index (χ3v) is 7.29. The van der Waals surface area contributed by atoms with E-state index in [-0.39, 0.29) is 0 Å². The van der Waals surface area contributed by atoms with Gasteiger partial charge < -0.3 is 0 Å². The van der Waals surface area contributed by atoms with Crippen LogP contribution >= 0.6 is 0 Å². The van der Waals surface area contributed by atoms with Crippen molar-refractivity contribution in [3.05, 3.63) is 11.1 Å². The highest BCUT2D eigenvalue weighted by Crippen LogP contribution is 2.75. The van der Waals surface area contributed by atoms with Crippen LogP contribution in [0.15, 0.2) is 11.1 Å². The van der Waals surface area contributed by atoms with Gasteiger partial charge in [0.15, 0.2) is 5.78 Å². The molecule has 0 aromatic heterocycles. The topological polar surface area (TPSA) is 17.1 Å². The van der Waals surface area contributed by atoms with Gasteiger partial charge in [-0.05, 0) is 74.2 Å². The summed E-state index contributed by atoms with van der Waals surface area (Å²) in [6, 6.07) is 0. The molecular formula is C17H26O. The molecule has 2 saturated carbocycles. The predicted octanol–water partition coefficient (Wildman–Crippen LogP) is 4.66. The molecule has 1 heteroatoms. The zero-order chi connectivity index (χ0) is 13.2. The van der Waals surface area contributed by atoms with Gasteiger partial charge in [-0.1, -0.05) is 25.8 Å². The zero-order valence-corrected chi connectivity index (χ0v) is 12.4. The standard InChI is InChI=1S/C17H26O/c1-12-14(13(2)18)6-9-16(4)15(3)7-5-8-17(12,16)11-10-15/h5-11H2,1-4H3. The van der Waals surface area contributed by atoms with Gasteiger partial charge in [0.1, 0.15) is 0 Å². The van der Waals surface area contributed by atoms with Crippen LogP contribution in [0.25, 0.3) is 0 Å². The van der Waals surface area contributed by atoms with Gasteiger partial charge in [-0.2, -0.15) is 0 Å². The van der Waals surface area contributed by atoms with E-state index in [2.05, 4.69) is 20.8 Å². The van der Waals surface area contributed by atoms with Crippen LogP contribution < -0.4 is 0 Å². The molecule has 0 amide bonds. The maximum atomic E-state index is 11.9. The second-order valence-electron chi connectivity index (χ2n) is 7.49. The summed E-state index contributed by atoms with van der Waals surface area (Å²) < 4.78 is 0. The Hall–Kier alpha value is -0.590.